The molecule has 2 heterocycles. The molecule has 1 amide bonds. The van der Waals surface area contributed by atoms with Gasteiger partial charge in [-0.05, 0) is 48.4 Å². The molecule has 0 aliphatic heterocycles. The Bertz CT molecular complexity index is 1440. The number of benzene rings is 3. The minimum absolute atomic E-state index is 0.244. The Labute approximate surface area is 216 Å². The van der Waals surface area contributed by atoms with Gasteiger partial charge < -0.3 is 14.5 Å². The number of nitrogens with one attached hydrogen (secondary N) is 1. The van der Waals surface area contributed by atoms with Gasteiger partial charge in [0.05, 0.1) is 11.4 Å². The molecule has 0 aliphatic rings. The van der Waals surface area contributed by atoms with E-state index in [1.807, 2.05) is 83.7 Å². The average Bonchev–Trinajstić information content (AvgIpc) is 3.60. The lowest BCUT2D eigenvalue weighted by molar-refractivity contribution is 0.0919. The van der Waals surface area contributed by atoms with Gasteiger partial charge in [0.1, 0.15) is 18.1 Å². The lowest BCUT2D eigenvalue weighted by Crippen LogP contribution is -2.22. The molecular weight excluding hydrogens is 462 g/mol. The molecule has 0 atom stereocenters. The van der Waals surface area contributed by atoms with Gasteiger partial charge in [-0.25, -0.2) is 4.68 Å². The Morgan fingerprint density at radius 3 is 2.38 bits per heavy atom. The predicted octanol–water partition coefficient (Wildman–Crippen LogP) is 6.59. The molecule has 3 aromatic carbocycles. The average molecular weight is 492 g/mol. The van der Waals surface area contributed by atoms with Gasteiger partial charge in [0, 0.05) is 23.9 Å². The van der Waals surface area contributed by atoms with Crippen LogP contribution in [-0.4, -0.2) is 15.7 Å². The zero-order valence-electron chi connectivity index (χ0n) is 20.8. The van der Waals surface area contributed by atoms with Crippen molar-refractivity contribution in [3.8, 4) is 22.7 Å². The van der Waals surface area contributed by atoms with Gasteiger partial charge in [-0.2, -0.15) is 5.10 Å². The summed E-state index contributed by atoms with van der Waals surface area (Å²) in [6, 6.07) is 31.4. The summed E-state index contributed by atoms with van der Waals surface area (Å²) in [5.74, 6) is 1.31. The zero-order chi connectivity index (χ0) is 25.5. The highest BCUT2D eigenvalue weighted by atomic mass is 16.5. The molecule has 0 unspecified atom stereocenters. The number of ether oxygens (including phenoxy) is 1. The van der Waals surface area contributed by atoms with E-state index in [2.05, 4.69) is 24.4 Å². The predicted molar refractivity (Wildman–Crippen MR) is 144 cm³/mol. The SMILES string of the molecule is CCCc1ccc(OCc2ccc(C(=O)NCc3cn(-c4ccccc4)nc3-c3ccccc3)o2)cc1. The third-order valence-corrected chi connectivity index (χ3v) is 6.03. The summed E-state index contributed by atoms with van der Waals surface area (Å²) in [7, 11) is 0. The highest BCUT2D eigenvalue weighted by molar-refractivity contribution is 5.91. The smallest absolute Gasteiger partial charge is 0.287 e. The Balaban J connectivity index is 1.24. The number of para-hydroxylation sites is 1. The number of carbonyl (C=O) groups excluding carboxylic acids is 1. The summed E-state index contributed by atoms with van der Waals surface area (Å²) in [6.45, 7) is 2.73. The van der Waals surface area contributed by atoms with Gasteiger partial charge in [-0.3, -0.25) is 4.79 Å². The van der Waals surface area contributed by atoms with E-state index in [9.17, 15) is 4.79 Å². The zero-order valence-corrected chi connectivity index (χ0v) is 20.8. The van der Waals surface area contributed by atoms with Crippen molar-refractivity contribution in [2.24, 2.45) is 0 Å². The maximum absolute atomic E-state index is 12.9. The number of aromatic nitrogens is 2. The van der Waals surface area contributed by atoms with Crippen molar-refractivity contribution in [3.63, 3.8) is 0 Å². The molecule has 0 bridgehead atoms. The summed E-state index contributed by atoms with van der Waals surface area (Å²) in [4.78, 5) is 12.9. The van der Waals surface area contributed by atoms with Crippen molar-refractivity contribution in [2.45, 2.75) is 32.9 Å². The van der Waals surface area contributed by atoms with Crippen molar-refractivity contribution in [1.29, 1.82) is 0 Å². The molecule has 5 rings (SSSR count). The number of hydrogen-bond donors (Lipinski definition) is 1. The lowest BCUT2D eigenvalue weighted by atomic mass is 10.1. The number of aryl methyl sites for hydroxylation is 1. The van der Waals surface area contributed by atoms with Crippen molar-refractivity contribution >= 4 is 5.91 Å². The van der Waals surface area contributed by atoms with Gasteiger partial charge in [0.2, 0.25) is 0 Å². The molecule has 0 fully saturated rings. The molecule has 5 aromatic rings. The molecule has 6 heteroatoms. The minimum atomic E-state index is -0.290. The minimum Gasteiger partial charge on any atom is -0.486 e. The quantitative estimate of drug-likeness (QED) is 0.239. The maximum atomic E-state index is 12.9. The highest BCUT2D eigenvalue weighted by Gasteiger charge is 2.16. The van der Waals surface area contributed by atoms with Crippen LogP contribution in [0.2, 0.25) is 0 Å². The maximum Gasteiger partial charge on any atom is 0.287 e. The molecule has 0 radical (unpaired) electrons. The number of amides is 1. The van der Waals surface area contributed by atoms with E-state index in [4.69, 9.17) is 14.3 Å². The number of nitrogens with zero attached hydrogens (tertiary/aromatic N) is 2. The molecular formula is C31H29N3O3. The fraction of sp³-hybridized carbons (Fsp3) is 0.161. The molecule has 0 saturated carbocycles. The van der Waals surface area contributed by atoms with Gasteiger partial charge in [-0.15, -0.1) is 0 Å². The number of hydrogen-bond acceptors (Lipinski definition) is 4. The van der Waals surface area contributed by atoms with Crippen LogP contribution in [0.15, 0.2) is 108 Å². The molecule has 37 heavy (non-hydrogen) atoms. The van der Waals surface area contributed by atoms with E-state index in [-0.39, 0.29) is 18.3 Å². The molecule has 1 N–H and O–H groups in total. The summed E-state index contributed by atoms with van der Waals surface area (Å²) < 4.78 is 13.4. The van der Waals surface area contributed by atoms with Crippen LogP contribution in [0.1, 0.15) is 40.8 Å². The molecule has 186 valence electrons. The number of furan rings is 1. The van der Waals surface area contributed by atoms with Crippen molar-refractivity contribution in [3.05, 3.63) is 126 Å². The molecule has 0 saturated heterocycles. The third kappa shape index (κ3) is 5.98. The summed E-state index contributed by atoms with van der Waals surface area (Å²) >= 11 is 0. The summed E-state index contributed by atoms with van der Waals surface area (Å²) in [6.07, 6.45) is 4.11. The van der Waals surface area contributed by atoms with Crippen LogP contribution in [0.4, 0.5) is 0 Å². The first-order valence-corrected chi connectivity index (χ1v) is 12.5. The summed E-state index contributed by atoms with van der Waals surface area (Å²) in [5.41, 5.74) is 4.96. The van der Waals surface area contributed by atoms with Crippen LogP contribution in [0.3, 0.4) is 0 Å². The number of rotatable bonds is 10. The van der Waals surface area contributed by atoms with E-state index in [1.54, 1.807) is 12.1 Å². The molecule has 0 spiro atoms. The fourth-order valence-electron chi connectivity index (χ4n) is 4.13. The largest absolute Gasteiger partial charge is 0.486 e. The fourth-order valence-corrected chi connectivity index (χ4v) is 4.13. The monoisotopic (exact) mass is 491 g/mol. The Hall–Kier alpha value is -4.58. The second-order valence-corrected chi connectivity index (χ2v) is 8.78. The van der Waals surface area contributed by atoms with Crippen LogP contribution >= 0.6 is 0 Å². The standard InChI is InChI=1S/C31H29N3O3/c1-2-9-23-14-16-27(17-15-23)36-22-28-18-19-29(37-28)31(35)32-20-25-21-34(26-12-7-4-8-13-26)33-30(25)24-10-5-3-6-11-24/h3-8,10-19,21H,2,9,20,22H2,1H3,(H,32,35). The Morgan fingerprint density at radius 2 is 1.65 bits per heavy atom. The summed E-state index contributed by atoms with van der Waals surface area (Å²) in [5, 5.41) is 7.77. The normalized spacial score (nSPS) is 10.8. The van der Waals surface area contributed by atoms with Gasteiger partial charge in [0.25, 0.3) is 5.91 Å². The topological polar surface area (TPSA) is 69.3 Å². The first-order chi connectivity index (χ1) is 18.2. The second kappa shape index (κ2) is 11.4. The van der Waals surface area contributed by atoms with Crippen LogP contribution in [0, 0.1) is 0 Å². The van der Waals surface area contributed by atoms with Crippen LogP contribution in [0.5, 0.6) is 5.75 Å². The molecule has 0 aliphatic carbocycles. The first-order valence-electron chi connectivity index (χ1n) is 12.5. The third-order valence-electron chi connectivity index (χ3n) is 6.03. The lowest BCUT2D eigenvalue weighted by Gasteiger charge is -2.06. The Kier molecular flexibility index (Phi) is 7.46. The second-order valence-electron chi connectivity index (χ2n) is 8.78. The van der Waals surface area contributed by atoms with E-state index in [1.165, 1.54) is 5.56 Å². The van der Waals surface area contributed by atoms with Gasteiger partial charge in [0.15, 0.2) is 5.76 Å². The van der Waals surface area contributed by atoms with Crippen LogP contribution < -0.4 is 10.1 Å². The Morgan fingerprint density at radius 1 is 0.919 bits per heavy atom. The van der Waals surface area contributed by atoms with Crippen LogP contribution in [0.25, 0.3) is 16.9 Å². The molecule has 6 nitrogen and oxygen atoms in total. The first kappa shape index (κ1) is 24.1. The van der Waals surface area contributed by atoms with Gasteiger partial charge >= 0.3 is 0 Å². The van der Waals surface area contributed by atoms with E-state index in [0.717, 1.165) is 41.1 Å². The van der Waals surface area contributed by atoms with E-state index in [0.29, 0.717) is 12.3 Å². The van der Waals surface area contributed by atoms with Crippen molar-refractivity contribution in [2.75, 3.05) is 0 Å². The van der Waals surface area contributed by atoms with Crippen LogP contribution in [-0.2, 0) is 19.6 Å². The van der Waals surface area contributed by atoms with Crippen molar-refractivity contribution in [1.82, 2.24) is 15.1 Å². The highest BCUT2D eigenvalue weighted by Crippen LogP contribution is 2.24. The molecule has 2 aromatic heterocycles. The van der Waals surface area contributed by atoms with Crippen molar-refractivity contribution < 1.29 is 13.9 Å². The number of carbonyl (C=O) groups is 1. The van der Waals surface area contributed by atoms with Gasteiger partial charge in [-0.1, -0.05) is 74.0 Å². The van der Waals surface area contributed by atoms with E-state index >= 15 is 0 Å². The van der Waals surface area contributed by atoms with E-state index < -0.39 is 0 Å².